The number of nitro benzene ring substituents is 1. The van der Waals surface area contributed by atoms with Crippen molar-refractivity contribution in [2.75, 3.05) is 5.32 Å². The average Bonchev–Trinajstić information content (AvgIpc) is 2.76. The van der Waals surface area contributed by atoms with Crippen LogP contribution < -0.4 is 5.32 Å². The second-order valence-electron chi connectivity index (χ2n) is 3.85. The highest BCUT2D eigenvalue weighted by molar-refractivity contribution is 9.11. The van der Waals surface area contributed by atoms with Crippen molar-refractivity contribution in [1.82, 2.24) is 0 Å². The number of nitrogens with zero attached hydrogens (tertiary/aromatic N) is 3. The number of hydrogen-bond donors (Lipinski definition) is 1. The van der Waals surface area contributed by atoms with Crippen LogP contribution >= 0.6 is 27.3 Å². The molecule has 10 nitrogen and oxygen atoms in total. The third kappa shape index (κ3) is 3.01. The van der Waals surface area contributed by atoms with Crippen molar-refractivity contribution in [3.05, 3.63) is 58.4 Å². The number of non-ortho nitro benzene ring substituents is 1. The molecule has 2 rings (SSSR count). The van der Waals surface area contributed by atoms with Crippen molar-refractivity contribution < 1.29 is 14.8 Å². The maximum atomic E-state index is 11.1. The van der Waals surface area contributed by atoms with E-state index >= 15 is 0 Å². The van der Waals surface area contributed by atoms with E-state index in [4.69, 9.17) is 0 Å². The first-order valence-electron chi connectivity index (χ1n) is 5.43. The van der Waals surface area contributed by atoms with Gasteiger partial charge in [0.1, 0.15) is 0 Å². The van der Waals surface area contributed by atoms with Gasteiger partial charge in [0.2, 0.25) is 0 Å². The molecule has 22 heavy (non-hydrogen) atoms. The SMILES string of the molecule is O=[N+]([O-])c1ccc(Nc2sc(Br)c([N+](=O)[O-])c2[N+](=O)[O-])cc1. The van der Waals surface area contributed by atoms with Crippen molar-refractivity contribution in [3.63, 3.8) is 0 Å². The molecule has 1 aromatic heterocycles. The lowest BCUT2D eigenvalue weighted by atomic mass is 10.3. The quantitative estimate of drug-likeness (QED) is 0.602. The van der Waals surface area contributed by atoms with E-state index in [1.807, 2.05) is 0 Å². The minimum absolute atomic E-state index is 0.00797. The summed E-state index contributed by atoms with van der Waals surface area (Å²) < 4.78 is 0.00797. The third-order valence-electron chi connectivity index (χ3n) is 2.52. The molecule has 114 valence electrons. The number of nitro groups is 3. The lowest BCUT2D eigenvalue weighted by molar-refractivity contribution is -0.421. The van der Waals surface area contributed by atoms with Crippen molar-refractivity contribution in [1.29, 1.82) is 0 Å². The minimum atomic E-state index is -0.854. The van der Waals surface area contributed by atoms with Gasteiger partial charge in [0.25, 0.3) is 5.69 Å². The molecule has 0 aliphatic rings. The van der Waals surface area contributed by atoms with E-state index in [9.17, 15) is 30.3 Å². The zero-order chi connectivity index (χ0) is 16.4. The summed E-state index contributed by atoms with van der Waals surface area (Å²) in [4.78, 5) is 30.2. The Balaban J connectivity index is 2.41. The first-order chi connectivity index (χ1) is 10.3. The van der Waals surface area contributed by atoms with Crippen LogP contribution in [0.4, 0.5) is 27.8 Å². The Morgan fingerprint density at radius 1 is 0.909 bits per heavy atom. The second-order valence-corrected chi connectivity index (χ2v) is 6.18. The Morgan fingerprint density at radius 2 is 1.45 bits per heavy atom. The summed E-state index contributed by atoms with van der Waals surface area (Å²) in [6, 6.07) is 5.12. The summed E-state index contributed by atoms with van der Waals surface area (Å²) in [7, 11) is 0. The van der Waals surface area contributed by atoms with E-state index in [1.165, 1.54) is 24.3 Å². The number of nitrogens with one attached hydrogen (secondary N) is 1. The lowest BCUT2D eigenvalue weighted by Crippen LogP contribution is -1.97. The zero-order valence-corrected chi connectivity index (χ0v) is 12.8. The highest BCUT2D eigenvalue weighted by Gasteiger charge is 2.36. The van der Waals surface area contributed by atoms with E-state index < -0.39 is 26.1 Å². The van der Waals surface area contributed by atoms with Crippen LogP contribution in [-0.2, 0) is 0 Å². The molecule has 2 aromatic rings. The van der Waals surface area contributed by atoms with Crippen LogP contribution in [-0.4, -0.2) is 14.8 Å². The summed E-state index contributed by atoms with van der Waals surface area (Å²) in [6.07, 6.45) is 0. The van der Waals surface area contributed by atoms with Gasteiger partial charge in [-0.05, 0) is 28.1 Å². The van der Waals surface area contributed by atoms with Crippen LogP contribution in [0.3, 0.4) is 0 Å². The fraction of sp³-hybridized carbons (Fsp3) is 0. The van der Waals surface area contributed by atoms with Crippen LogP contribution in [0.1, 0.15) is 0 Å². The summed E-state index contributed by atoms with van der Waals surface area (Å²) >= 11 is 3.72. The maximum Gasteiger partial charge on any atom is 0.381 e. The largest absolute Gasteiger partial charge is 0.381 e. The van der Waals surface area contributed by atoms with Gasteiger partial charge in [0.05, 0.1) is 14.8 Å². The van der Waals surface area contributed by atoms with E-state index in [0.717, 1.165) is 11.3 Å². The molecular formula is C10H5BrN4O6S. The summed E-state index contributed by atoms with van der Waals surface area (Å²) in [6.45, 7) is 0. The third-order valence-corrected chi connectivity index (χ3v) is 4.25. The van der Waals surface area contributed by atoms with Gasteiger partial charge in [0.15, 0.2) is 8.79 Å². The average molecular weight is 389 g/mol. The number of benzene rings is 1. The molecule has 0 bridgehead atoms. The van der Waals surface area contributed by atoms with Gasteiger partial charge < -0.3 is 5.32 Å². The first kappa shape index (κ1) is 15.8. The Bertz CT molecular complexity index is 774. The zero-order valence-electron chi connectivity index (χ0n) is 10.4. The number of anilines is 2. The van der Waals surface area contributed by atoms with Gasteiger partial charge in [0, 0.05) is 17.8 Å². The molecule has 12 heteroatoms. The number of rotatable bonds is 5. The van der Waals surface area contributed by atoms with E-state index in [-0.39, 0.29) is 14.5 Å². The maximum absolute atomic E-state index is 11.1. The van der Waals surface area contributed by atoms with Crippen molar-refractivity contribution in [3.8, 4) is 0 Å². The molecule has 1 N–H and O–H groups in total. The molecular weight excluding hydrogens is 384 g/mol. The molecule has 0 unspecified atom stereocenters. The molecule has 0 saturated heterocycles. The van der Waals surface area contributed by atoms with Gasteiger partial charge in [-0.2, -0.15) is 0 Å². The molecule has 0 atom stereocenters. The molecule has 0 aliphatic carbocycles. The Labute approximate surface area is 134 Å². The number of thiophene rings is 1. The standard InChI is InChI=1S/C10H5BrN4O6S/c11-9-7(14(18)19)8(15(20)21)10(22-9)12-5-1-3-6(4-2-5)13(16)17/h1-4,12H. The first-order valence-corrected chi connectivity index (χ1v) is 7.04. The topological polar surface area (TPSA) is 141 Å². The second kappa shape index (κ2) is 6.03. The van der Waals surface area contributed by atoms with Crippen molar-refractivity contribution in [2.45, 2.75) is 0 Å². The number of hydrogen-bond acceptors (Lipinski definition) is 8. The monoisotopic (exact) mass is 388 g/mol. The predicted molar refractivity (Wildman–Crippen MR) is 81.7 cm³/mol. The summed E-state index contributed by atoms with van der Waals surface area (Å²) in [5.74, 6) is 0. The Hall–Kier alpha value is -2.60. The Kier molecular flexibility index (Phi) is 4.32. The predicted octanol–water partition coefficient (Wildman–Crippen LogP) is 3.98. The van der Waals surface area contributed by atoms with Crippen LogP contribution in [0.15, 0.2) is 28.1 Å². The van der Waals surface area contributed by atoms with Gasteiger partial charge in [-0.25, -0.2) is 0 Å². The molecule has 0 radical (unpaired) electrons. The molecule has 1 aromatic carbocycles. The van der Waals surface area contributed by atoms with Crippen molar-refractivity contribution in [2.24, 2.45) is 0 Å². The summed E-state index contributed by atoms with van der Waals surface area (Å²) in [5, 5.41) is 35.1. The molecule has 0 fully saturated rings. The van der Waals surface area contributed by atoms with Gasteiger partial charge >= 0.3 is 11.4 Å². The molecule has 1 heterocycles. The van der Waals surface area contributed by atoms with E-state index in [1.54, 1.807) is 0 Å². The van der Waals surface area contributed by atoms with Gasteiger partial charge in [-0.3, -0.25) is 30.3 Å². The van der Waals surface area contributed by atoms with Crippen LogP contribution in [0.25, 0.3) is 0 Å². The lowest BCUT2D eigenvalue weighted by Gasteiger charge is -2.02. The van der Waals surface area contributed by atoms with E-state index in [0.29, 0.717) is 5.69 Å². The molecule has 0 spiro atoms. The highest BCUT2D eigenvalue weighted by atomic mass is 79.9. The normalized spacial score (nSPS) is 10.2. The van der Waals surface area contributed by atoms with Crippen LogP contribution in [0.2, 0.25) is 0 Å². The van der Waals surface area contributed by atoms with Crippen LogP contribution in [0.5, 0.6) is 0 Å². The van der Waals surface area contributed by atoms with Gasteiger partial charge in [-0.1, -0.05) is 11.3 Å². The highest BCUT2D eigenvalue weighted by Crippen LogP contribution is 2.49. The summed E-state index contributed by atoms with van der Waals surface area (Å²) in [5.41, 5.74) is -1.12. The minimum Gasteiger partial charge on any atom is -0.341 e. The molecule has 0 amide bonds. The fourth-order valence-corrected chi connectivity index (χ4v) is 3.30. The molecule has 0 saturated carbocycles. The van der Waals surface area contributed by atoms with E-state index in [2.05, 4.69) is 21.2 Å². The fourth-order valence-electron chi connectivity index (χ4n) is 1.60. The van der Waals surface area contributed by atoms with Gasteiger partial charge in [-0.15, -0.1) is 0 Å². The molecule has 0 aliphatic heterocycles. The van der Waals surface area contributed by atoms with Crippen LogP contribution in [0, 0.1) is 30.3 Å². The Morgan fingerprint density at radius 3 is 1.91 bits per heavy atom. The van der Waals surface area contributed by atoms with Crippen molar-refractivity contribution >= 4 is 55.0 Å². The number of halogens is 1. The smallest absolute Gasteiger partial charge is 0.341 e.